The number of nitrogens with one attached hydrogen (secondary N) is 1. The number of carbonyl (C=O) groups is 2. The van der Waals surface area contributed by atoms with Crippen LogP contribution in [-0.2, 0) is 4.79 Å². The van der Waals surface area contributed by atoms with Crippen LogP contribution in [0.2, 0.25) is 5.02 Å². The molecule has 0 aliphatic heterocycles. The van der Waals surface area contributed by atoms with Gasteiger partial charge >= 0.3 is 0 Å². The van der Waals surface area contributed by atoms with Gasteiger partial charge in [0.25, 0.3) is 5.91 Å². The van der Waals surface area contributed by atoms with Crippen LogP contribution in [0.3, 0.4) is 0 Å². The first kappa shape index (κ1) is 22.1. The van der Waals surface area contributed by atoms with Crippen molar-refractivity contribution in [1.29, 1.82) is 0 Å². The number of rotatable bonds is 8. The van der Waals surface area contributed by atoms with Crippen molar-refractivity contribution in [3.8, 4) is 11.5 Å². The summed E-state index contributed by atoms with van der Waals surface area (Å²) in [4.78, 5) is 26.4. The third kappa shape index (κ3) is 6.41. The summed E-state index contributed by atoms with van der Waals surface area (Å²) in [5.74, 6) is 0.304. The van der Waals surface area contributed by atoms with Crippen molar-refractivity contribution in [2.24, 2.45) is 0 Å². The Morgan fingerprint density at radius 3 is 2.38 bits per heavy atom. The molecule has 0 aliphatic rings. The molecule has 0 fully saturated rings. The van der Waals surface area contributed by atoms with Gasteiger partial charge in [-0.3, -0.25) is 9.59 Å². The fourth-order valence-corrected chi connectivity index (χ4v) is 2.59. The lowest BCUT2D eigenvalue weighted by Gasteiger charge is -2.25. The molecule has 1 N–H and O–H groups in total. The van der Waals surface area contributed by atoms with Gasteiger partial charge in [0.1, 0.15) is 0 Å². The Hall–Kier alpha value is -1.95. The Labute approximate surface area is 160 Å². The molecule has 2 amide bonds. The molecule has 6 nitrogen and oxygen atoms in total. The van der Waals surface area contributed by atoms with E-state index in [1.54, 1.807) is 12.1 Å². The maximum atomic E-state index is 12.8. The summed E-state index contributed by atoms with van der Waals surface area (Å²) in [6.07, 6.45) is 0.826. The molecule has 0 radical (unpaired) electrons. The largest absolute Gasteiger partial charge is 0.493 e. The van der Waals surface area contributed by atoms with Crippen molar-refractivity contribution in [2.75, 3.05) is 26.8 Å². The van der Waals surface area contributed by atoms with E-state index in [0.717, 1.165) is 6.42 Å². The Kier molecular flexibility index (Phi) is 8.21. The molecule has 1 aromatic carbocycles. The molecule has 7 heteroatoms. The highest BCUT2D eigenvalue weighted by molar-refractivity contribution is 6.32. The van der Waals surface area contributed by atoms with Crippen LogP contribution in [0.4, 0.5) is 0 Å². The van der Waals surface area contributed by atoms with E-state index in [2.05, 4.69) is 5.32 Å². The molecular weight excluding hydrogens is 356 g/mol. The fourth-order valence-electron chi connectivity index (χ4n) is 2.33. The molecular formula is C19H29ClN2O4. The number of carbonyl (C=O) groups excluding carboxylic acids is 2. The number of likely N-dealkylation sites (N-methyl/N-ethyl adjacent to an activating group) is 1. The number of methoxy groups -OCH3 is 1. The summed E-state index contributed by atoms with van der Waals surface area (Å²) in [5.41, 5.74) is -0.00856. The summed E-state index contributed by atoms with van der Waals surface area (Å²) in [6.45, 7) is 10.3. The second-order valence-electron chi connectivity index (χ2n) is 6.96. The minimum atomic E-state index is -0.357. The van der Waals surface area contributed by atoms with Crippen molar-refractivity contribution in [1.82, 2.24) is 10.2 Å². The lowest BCUT2D eigenvalue weighted by atomic mass is 10.1. The number of amides is 2. The molecule has 0 aliphatic carbocycles. The van der Waals surface area contributed by atoms with Crippen LogP contribution < -0.4 is 14.8 Å². The minimum Gasteiger partial charge on any atom is -0.493 e. The molecule has 1 aromatic rings. The predicted octanol–water partition coefficient (Wildman–Crippen LogP) is 3.51. The zero-order valence-electron chi connectivity index (χ0n) is 16.4. The number of nitrogens with zero attached hydrogens (tertiary/aromatic N) is 1. The second kappa shape index (κ2) is 9.67. The lowest BCUT2D eigenvalue weighted by molar-refractivity contribution is -0.123. The Morgan fingerprint density at radius 2 is 1.88 bits per heavy atom. The third-order valence-corrected chi connectivity index (χ3v) is 3.73. The van der Waals surface area contributed by atoms with Crippen LogP contribution in [0.25, 0.3) is 0 Å². The van der Waals surface area contributed by atoms with Crippen molar-refractivity contribution in [3.05, 3.63) is 22.7 Å². The molecule has 0 heterocycles. The van der Waals surface area contributed by atoms with E-state index in [1.807, 2.05) is 34.6 Å². The van der Waals surface area contributed by atoms with Crippen LogP contribution in [-0.4, -0.2) is 49.1 Å². The molecule has 1 rings (SSSR count). The maximum Gasteiger partial charge on any atom is 0.254 e. The van der Waals surface area contributed by atoms with Gasteiger partial charge in [0, 0.05) is 17.6 Å². The van der Waals surface area contributed by atoms with Gasteiger partial charge in [-0.05, 0) is 46.2 Å². The lowest BCUT2D eigenvalue weighted by Crippen LogP contribution is -2.47. The molecule has 0 aromatic heterocycles. The molecule has 0 atom stereocenters. The van der Waals surface area contributed by atoms with Crippen LogP contribution in [0.15, 0.2) is 12.1 Å². The highest BCUT2D eigenvalue weighted by Crippen LogP contribution is 2.36. The van der Waals surface area contributed by atoms with Crippen LogP contribution >= 0.6 is 11.6 Å². The van der Waals surface area contributed by atoms with Crippen LogP contribution in [0.1, 0.15) is 51.4 Å². The summed E-state index contributed by atoms with van der Waals surface area (Å²) < 4.78 is 10.9. The number of halogens is 1. The van der Waals surface area contributed by atoms with Gasteiger partial charge in [0.2, 0.25) is 5.91 Å². The van der Waals surface area contributed by atoms with E-state index in [1.165, 1.54) is 12.0 Å². The predicted molar refractivity (Wildman–Crippen MR) is 103 cm³/mol. The number of ether oxygens (including phenoxy) is 2. The SMILES string of the molecule is CCCOc1c(Cl)cc(C(=O)N(CC)CC(=O)NC(C)(C)C)cc1OC. The average molecular weight is 385 g/mol. The Bertz CT molecular complexity index is 641. The monoisotopic (exact) mass is 384 g/mol. The van der Waals surface area contributed by atoms with Crippen LogP contribution in [0.5, 0.6) is 11.5 Å². The van der Waals surface area contributed by atoms with Gasteiger partial charge < -0.3 is 19.7 Å². The second-order valence-corrected chi connectivity index (χ2v) is 7.36. The van der Waals surface area contributed by atoms with Crippen molar-refractivity contribution < 1.29 is 19.1 Å². The third-order valence-electron chi connectivity index (χ3n) is 3.44. The number of hydrogen-bond acceptors (Lipinski definition) is 4. The average Bonchev–Trinajstić information content (AvgIpc) is 2.55. The van der Waals surface area contributed by atoms with Crippen LogP contribution in [0, 0.1) is 0 Å². The Morgan fingerprint density at radius 1 is 1.23 bits per heavy atom. The molecule has 0 spiro atoms. The number of benzene rings is 1. The van der Waals surface area contributed by atoms with Gasteiger partial charge in [-0.2, -0.15) is 0 Å². The normalized spacial score (nSPS) is 11.0. The quantitative estimate of drug-likeness (QED) is 0.744. The van der Waals surface area contributed by atoms with E-state index in [9.17, 15) is 9.59 Å². The summed E-state index contributed by atoms with van der Waals surface area (Å²) in [7, 11) is 1.49. The van der Waals surface area contributed by atoms with Gasteiger partial charge in [0.05, 0.1) is 25.3 Å². The molecule has 0 saturated carbocycles. The molecule has 146 valence electrons. The summed E-state index contributed by atoms with van der Waals surface area (Å²) in [6, 6.07) is 3.13. The standard InChI is InChI=1S/C19H29ClN2O4/c1-7-9-26-17-14(20)10-13(11-15(17)25-6)18(24)22(8-2)12-16(23)21-19(3,4)5/h10-11H,7-9,12H2,1-6H3,(H,21,23). The van der Waals surface area contributed by atoms with E-state index >= 15 is 0 Å². The van der Waals surface area contributed by atoms with Gasteiger partial charge in [-0.15, -0.1) is 0 Å². The van der Waals surface area contributed by atoms with E-state index in [4.69, 9.17) is 21.1 Å². The van der Waals surface area contributed by atoms with E-state index in [0.29, 0.717) is 35.2 Å². The maximum absolute atomic E-state index is 12.8. The number of hydrogen-bond donors (Lipinski definition) is 1. The topological polar surface area (TPSA) is 67.9 Å². The Balaban J connectivity index is 3.02. The first-order chi connectivity index (χ1) is 12.1. The highest BCUT2D eigenvalue weighted by Gasteiger charge is 2.23. The fraction of sp³-hybridized carbons (Fsp3) is 0.579. The van der Waals surface area contributed by atoms with Gasteiger partial charge in [0.15, 0.2) is 11.5 Å². The molecule has 0 bridgehead atoms. The highest BCUT2D eigenvalue weighted by atomic mass is 35.5. The van der Waals surface area contributed by atoms with E-state index in [-0.39, 0.29) is 23.9 Å². The van der Waals surface area contributed by atoms with Crippen molar-refractivity contribution in [2.45, 2.75) is 46.6 Å². The first-order valence-electron chi connectivity index (χ1n) is 8.73. The zero-order valence-corrected chi connectivity index (χ0v) is 17.2. The molecule has 0 saturated heterocycles. The van der Waals surface area contributed by atoms with E-state index < -0.39 is 0 Å². The van der Waals surface area contributed by atoms with Crippen molar-refractivity contribution >= 4 is 23.4 Å². The molecule has 0 unspecified atom stereocenters. The van der Waals surface area contributed by atoms with Gasteiger partial charge in [-0.25, -0.2) is 0 Å². The molecule has 26 heavy (non-hydrogen) atoms. The zero-order chi connectivity index (χ0) is 19.9. The smallest absolute Gasteiger partial charge is 0.254 e. The summed E-state index contributed by atoms with van der Waals surface area (Å²) >= 11 is 6.28. The van der Waals surface area contributed by atoms with Gasteiger partial charge in [-0.1, -0.05) is 18.5 Å². The summed E-state index contributed by atoms with van der Waals surface area (Å²) in [5, 5.41) is 3.16. The minimum absolute atomic E-state index is 0.0272. The first-order valence-corrected chi connectivity index (χ1v) is 9.11. The van der Waals surface area contributed by atoms with Crippen molar-refractivity contribution in [3.63, 3.8) is 0 Å².